The van der Waals surface area contributed by atoms with Crippen molar-refractivity contribution < 1.29 is 9.90 Å². The Morgan fingerprint density at radius 1 is 1.44 bits per heavy atom. The van der Waals surface area contributed by atoms with Crippen LogP contribution in [0.25, 0.3) is 0 Å². The number of rotatable bonds is 4. The molecule has 1 aromatic rings. The molecule has 1 saturated heterocycles. The molecule has 1 atom stereocenters. The number of hydrogen-bond donors (Lipinski definition) is 1. The molecule has 1 heterocycles. The Kier molecular flexibility index (Phi) is 3.54. The Hall–Kier alpha value is -0.960. The van der Waals surface area contributed by atoms with E-state index in [1.54, 1.807) is 0 Å². The molecule has 0 amide bonds. The number of aliphatic carboxylic acids is 1. The average Bonchev–Trinajstić information content (AvgIpc) is 2.15. The van der Waals surface area contributed by atoms with Crippen LogP contribution in [-0.4, -0.2) is 22.6 Å². The largest absolute Gasteiger partial charge is 0.481 e. The minimum Gasteiger partial charge on any atom is -0.481 e. The molecule has 86 valence electrons. The fraction of sp³-hybridized carbons (Fsp3) is 0.462. The van der Waals surface area contributed by atoms with E-state index in [-0.39, 0.29) is 12.3 Å². The van der Waals surface area contributed by atoms with Gasteiger partial charge in [-0.1, -0.05) is 31.2 Å². The Balaban J connectivity index is 2.03. The summed E-state index contributed by atoms with van der Waals surface area (Å²) in [5.74, 6) is 2.54. The molecule has 0 aliphatic carbocycles. The van der Waals surface area contributed by atoms with Gasteiger partial charge in [-0.2, -0.15) is 11.8 Å². The van der Waals surface area contributed by atoms with E-state index < -0.39 is 5.97 Å². The standard InChI is InChI=1S/C13H16O2S/c1-9(6-13(14)15)10-2-4-11(5-3-10)12-7-16-8-12/h2-5,9,12H,6-8H2,1H3,(H,14,15). The van der Waals surface area contributed by atoms with E-state index in [0.717, 1.165) is 5.56 Å². The molecule has 2 rings (SSSR count). The van der Waals surface area contributed by atoms with Crippen LogP contribution < -0.4 is 0 Å². The topological polar surface area (TPSA) is 37.3 Å². The van der Waals surface area contributed by atoms with Crippen LogP contribution in [0.3, 0.4) is 0 Å². The fourth-order valence-corrected chi connectivity index (χ4v) is 2.76. The van der Waals surface area contributed by atoms with Gasteiger partial charge in [0, 0.05) is 17.4 Å². The lowest BCUT2D eigenvalue weighted by molar-refractivity contribution is -0.137. The molecule has 2 nitrogen and oxygen atoms in total. The van der Waals surface area contributed by atoms with Crippen molar-refractivity contribution in [1.82, 2.24) is 0 Å². The maximum absolute atomic E-state index is 10.6. The number of hydrogen-bond acceptors (Lipinski definition) is 2. The zero-order chi connectivity index (χ0) is 11.5. The molecule has 0 spiro atoms. The fourth-order valence-electron chi connectivity index (χ4n) is 1.90. The molecule has 1 aromatic carbocycles. The number of benzene rings is 1. The zero-order valence-corrected chi connectivity index (χ0v) is 10.2. The van der Waals surface area contributed by atoms with Crippen molar-refractivity contribution in [3.05, 3.63) is 35.4 Å². The molecule has 1 fully saturated rings. The van der Waals surface area contributed by atoms with Gasteiger partial charge in [-0.15, -0.1) is 0 Å². The number of carboxylic acid groups (broad SMARTS) is 1. The number of carbonyl (C=O) groups is 1. The highest BCUT2D eigenvalue weighted by molar-refractivity contribution is 8.00. The van der Waals surface area contributed by atoms with Crippen LogP contribution in [0, 0.1) is 0 Å². The van der Waals surface area contributed by atoms with E-state index >= 15 is 0 Å². The minimum absolute atomic E-state index is 0.0994. The van der Waals surface area contributed by atoms with Gasteiger partial charge in [-0.25, -0.2) is 0 Å². The molecule has 0 saturated carbocycles. The highest BCUT2D eigenvalue weighted by Crippen LogP contribution is 2.34. The van der Waals surface area contributed by atoms with Gasteiger partial charge >= 0.3 is 5.97 Å². The molecule has 16 heavy (non-hydrogen) atoms. The average molecular weight is 236 g/mol. The zero-order valence-electron chi connectivity index (χ0n) is 9.35. The first-order chi connectivity index (χ1) is 7.66. The lowest BCUT2D eigenvalue weighted by Crippen LogP contribution is -2.15. The molecule has 0 aromatic heterocycles. The van der Waals surface area contributed by atoms with Crippen molar-refractivity contribution in [3.8, 4) is 0 Å². The van der Waals surface area contributed by atoms with Crippen LogP contribution in [0.15, 0.2) is 24.3 Å². The Morgan fingerprint density at radius 3 is 2.50 bits per heavy atom. The van der Waals surface area contributed by atoms with E-state index in [4.69, 9.17) is 5.11 Å². The molecule has 1 N–H and O–H groups in total. The summed E-state index contributed by atoms with van der Waals surface area (Å²) in [6, 6.07) is 8.45. The monoisotopic (exact) mass is 236 g/mol. The normalized spacial score (nSPS) is 17.8. The predicted molar refractivity (Wildman–Crippen MR) is 67.2 cm³/mol. The van der Waals surface area contributed by atoms with Gasteiger partial charge in [0.25, 0.3) is 0 Å². The van der Waals surface area contributed by atoms with E-state index in [0.29, 0.717) is 5.92 Å². The lowest BCUT2D eigenvalue weighted by atomic mass is 9.94. The minimum atomic E-state index is -0.730. The Morgan fingerprint density at radius 2 is 2.06 bits per heavy atom. The summed E-state index contributed by atoms with van der Waals surface area (Å²) in [7, 11) is 0. The second kappa shape index (κ2) is 4.91. The van der Waals surface area contributed by atoms with Gasteiger partial charge in [-0.05, 0) is 17.0 Å². The molecule has 1 aliphatic heterocycles. The first kappa shape index (κ1) is 11.5. The smallest absolute Gasteiger partial charge is 0.303 e. The molecule has 1 unspecified atom stereocenters. The van der Waals surface area contributed by atoms with Gasteiger partial charge in [0.05, 0.1) is 6.42 Å². The SMILES string of the molecule is CC(CC(=O)O)c1ccc(C2CSC2)cc1. The van der Waals surface area contributed by atoms with E-state index in [9.17, 15) is 4.79 Å². The summed E-state index contributed by atoms with van der Waals surface area (Å²) >= 11 is 1.98. The second-order valence-corrected chi connectivity index (χ2v) is 5.47. The Labute approximate surface area is 100 Å². The van der Waals surface area contributed by atoms with Crippen LogP contribution in [0.5, 0.6) is 0 Å². The third kappa shape index (κ3) is 2.59. The first-order valence-electron chi connectivity index (χ1n) is 5.56. The van der Waals surface area contributed by atoms with Crippen LogP contribution in [0.1, 0.15) is 36.3 Å². The summed E-state index contributed by atoms with van der Waals surface area (Å²) in [6.07, 6.45) is 0.207. The maximum atomic E-state index is 10.6. The quantitative estimate of drug-likeness (QED) is 0.872. The van der Waals surface area contributed by atoms with Crippen molar-refractivity contribution >= 4 is 17.7 Å². The molecule has 0 bridgehead atoms. The third-order valence-corrected chi connectivity index (χ3v) is 4.37. The summed E-state index contributed by atoms with van der Waals surface area (Å²) in [4.78, 5) is 10.6. The van der Waals surface area contributed by atoms with Crippen molar-refractivity contribution in [1.29, 1.82) is 0 Å². The van der Waals surface area contributed by atoms with Crippen LogP contribution in [0.2, 0.25) is 0 Å². The molecule has 1 aliphatic rings. The van der Waals surface area contributed by atoms with E-state index in [1.165, 1.54) is 17.1 Å². The summed E-state index contributed by atoms with van der Waals surface area (Å²) < 4.78 is 0. The number of carboxylic acids is 1. The third-order valence-electron chi connectivity index (χ3n) is 3.10. The highest BCUT2D eigenvalue weighted by Gasteiger charge is 2.20. The van der Waals surface area contributed by atoms with Crippen LogP contribution in [-0.2, 0) is 4.79 Å². The lowest BCUT2D eigenvalue weighted by Gasteiger charge is -2.25. The molecule has 3 heteroatoms. The summed E-state index contributed by atoms with van der Waals surface area (Å²) in [5.41, 5.74) is 2.52. The summed E-state index contributed by atoms with van der Waals surface area (Å²) in [6.45, 7) is 1.96. The van der Waals surface area contributed by atoms with Crippen LogP contribution >= 0.6 is 11.8 Å². The highest BCUT2D eigenvalue weighted by atomic mass is 32.2. The van der Waals surface area contributed by atoms with Crippen molar-refractivity contribution in [2.45, 2.75) is 25.2 Å². The van der Waals surface area contributed by atoms with Crippen molar-refractivity contribution in [2.24, 2.45) is 0 Å². The van der Waals surface area contributed by atoms with Gasteiger partial charge < -0.3 is 5.11 Å². The van der Waals surface area contributed by atoms with Gasteiger partial charge in [-0.3, -0.25) is 4.79 Å². The van der Waals surface area contributed by atoms with Gasteiger partial charge in [0.1, 0.15) is 0 Å². The van der Waals surface area contributed by atoms with Crippen molar-refractivity contribution in [2.75, 3.05) is 11.5 Å². The predicted octanol–water partition coefficient (Wildman–Crippen LogP) is 3.10. The van der Waals surface area contributed by atoms with Gasteiger partial charge in [0.2, 0.25) is 0 Å². The van der Waals surface area contributed by atoms with Crippen molar-refractivity contribution in [3.63, 3.8) is 0 Å². The van der Waals surface area contributed by atoms with Gasteiger partial charge in [0.15, 0.2) is 0 Å². The Bertz CT molecular complexity index is 368. The van der Waals surface area contributed by atoms with E-state index in [2.05, 4.69) is 24.3 Å². The molecular formula is C13H16O2S. The second-order valence-electron chi connectivity index (χ2n) is 4.40. The maximum Gasteiger partial charge on any atom is 0.303 e. The molecular weight excluding hydrogens is 220 g/mol. The number of thioether (sulfide) groups is 1. The first-order valence-corrected chi connectivity index (χ1v) is 6.71. The molecule has 0 radical (unpaired) electrons. The summed E-state index contributed by atoms with van der Waals surface area (Å²) in [5, 5.41) is 8.73. The van der Waals surface area contributed by atoms with E-state index in [1.807, 2.05) is 18.7 Å². The van der Waals surface area contributed by atoms with Crippen LogP contribution in [0.4, 0.5) is 0 Å².